The van der Waals surface area contributed by atoms with Crippen LogP contribution in [0.1, 0.15) is 56.8 Å². The standard InChI is InChI=1S/C24H29F2NO/c1-16-11-23(26)19(13-22(16)25)12-20(14-21(28)15-24(3,4)5)27-17(2)18-9-7-6-8-10-18/h6-11,13-14,17,27H,12,15H2,1-5H3/b20-14-. The molecule has 28 heavy (non-hydrogen) atoms. The molecule has 2 rings (SSSR count). The van der Waals surface area contributed by atoms with Gasteiger partial charge in [0.15, 0.2) is 5.78 Å². The molecular weight excluding hydrogens is 356 g/mol. The van der Waals surface area contributed by atoms with Crippen LogP contribution in [0.2, 0.25) is 0 Å². The second-order valence-corrected chi connectivity index (χ2v) is 8.52. The van der Waals surface area contributed by atoms with Crippen molar-refractivity contribution in [2.45, 2.75) is 53.5 Å². The molecule has 0 saturated heterocycles. The Kier molecular flexibility index (Phi) is 7.11. The lowest BCUT2D eigenvalue weighted by molar-refractivity contribution is -0.116. The number of carbonyl (C=O) groups is 1. The summed E-state index contributed by atoms with van der Waals surface area (Å²) in [7, 11) is 0. The van der Waals surface area contributed by atoms with Gasteiger partial charge in [-0.25, -0.2) is 8.78 Å². The van der Waals surface area contributed by atoms with Crippen molar-refractivity contribution in [2.24, 2.45) is 5.41 Å². The van der Waals surface area contributed by atoms with Crippen LogP contribution in [0.5, 0.6) is 0 Å². The van der Waals surface area contributed by atoms with Crippen LogP contribution < -0.4 is 5.32 Å². The summed E-state index contributed by atoms with van der Waals surface area (Å²) in [5.41, 5.74) is 1.97. The summed E-state index contributed by atoms with van der Waals surface area (Å²) in [6, 6.07) is 12.1. The van der Waals surface area contributed by atoms with Crippen molar-refractivity contribution in [3.63, 3.8) is 0 Å². The molecule has 0 heterocycles. The lowest BCUT2D eigenvalue weighted by Gasteiger charge is -2.20. The Bertz CT molecular complexity index is 851. The van der Waals surface area contributed by atoms with E-state index in [1.165, 1.54) is 25.1 Å². The molecule has 4 heteroatoms. The van der Waals surface area contributed by atoms with Crippen LogP contribution in [0.25, 0.3) is 0 Å². The Balaban J connectivity index is 2.30. The first kappa shape index (κ1) is 21.8. The first-order chi connectivity index (χ1) is 13.0. The van der Waals surface area contributed by atoms with Gasteiger partial charge >= 0.3 is 0 Å². The molecule has 1 unspecified atom stereocenters. The van der Waals surface area contributed by atoms with E-state index in [1.54, 1.807) is 0 Å². The fourth-order valence-electron chi connectivity index (χ4n) is 3.04. The Hall–Kier alpha value is -2.49. The number of benzene rings is 2. The zero-order chi connectivity index (χ0) is 20.9. The SMILES string of the molecule is Cc1cc(F)c(C/C(=C/C(=O)CC(C)(C)C)NC(C)c2ccccc2)cc1F. The molecule has 2 aromatic rings. The molecule has 0 spiro atoms. The smallest absolute Gasteiger partial charge is 0.157 e. The number of carbonyl (C=O) groups excluding carboxylic acids is 1. The molecule has 0 saturated carbocycles. The van der Waals surface area contributed by atoms with Crippen molar-refractivity contribution in [3.05, 3.63) is 82.6 Å². The van der Waals surface area contributed by atoms with Crippen LogP contribution in [0.15, 0.2) is 54.2 Å². The second kappa shape index (κ2) is 9.13. The summed E-state index contributed by atoms with van der Waals surface area (Å²) < 4.78 is 28.3. The van der Waals surface area contributed by atoms with Crippen LogP contribution >= 0.6 is 0 Å². The molecule has 1 atom stereocenters. The molecule has 0 bridgehead atoms. The molecular formula is C24H29F2NO. The Morgan fingerprint density at radius 2 is 1.75 bits per heavy atom. The highest BCUT2D eigenvalue weighted by atomic mass is 19.1. The van der Waals surface area contributed by atoms with E-state index in [1.807, 2.05) is 58.0 Å². The van der Waals surface area contributed by atoms with Gasteiger partial charge in [0.2, 0.25) is 0 Å². The van der Waals surface area contributed by atoms with Crippen molar-refractivity contribution >= 4 is 5.78 Å². The third-order valence-corrected chi connectivity index (χ3v) is 4.45. The number of allylic oxidation sites excluding steroid dienone is 2. The molecule has 2 aromatic carbocycles. The van der Waals surface area contributed by atoms with Crippen molar-refractivity contribution < 1.29 is 13.6 Å². The molecule has 1 N–H and O–H groups in total. The minimum atomic E-state index is -0.470. The van der Waals surface area contributed by atoms with Crippen LogP contribution in [0.3, 0.4) is 0 Å². The summed E-state index contributed by atoms with van der Waals surface area (Å²) in [5.74, 6) is -0.960. The minimum Gasteiger partial charge on any atom is -0.381 e. The average Bonchev–Trinajstić information content (AvgIpc) is 2.58. The Morgan fingerprint density at radius 1 is 1.11 bits per heavy atom. The summed E-state index contributed by atoms with van der Waals surface area (Å²) in [6.07, 6.45) is 2.03. The van der Waals surface area contributed by atoms with Gasteiger partial charge in [0.1, 0.15) is 11.6 Å². The highest BCUT2D eigenvalue weighted by Gasteiger charge is 2.17. The van der Waals surface area contributed by atoms with E-state index < -0.39 is 11.6 Å². The van der Waals surface area contributed by atoms with Gasteiger partial charge in [0.05, 0.1) is 0 Å². The summed E-state index contributed by atoms with van der Waals surface area (Å²) in [6.45, 7) is 9.49. The number of hydrogen-bond acceptors (Lipinski definition) is 2. The van der Waals surface area contributed by atoms with Crippen molar-refractivity contribution in [2.75, 3.05) is 0 Å². The summed E-state index contributed by atoms with van der Waals surface area (Å²) in [4.78, 5) is 12.5. The predicted molar refractivity (Wildman–Crippen MR) is 110 cm³/mol. The van der Waals surface area contributed by atoms with Crippen molar-refractivity contribution in [1.29, 1.82) is 0 Å². The van der Waals surface area contributed by atoms with Gasteiger partial charge in [-0.2, -0.15) is 0 Å². The number of ketones is 1. The van der Waals surface area contributed by atoms with Crippen LogP contribution in [-0.2, 0) is 11.2 Å². The average molecular weight is 385 g/mol. The number of hydrogen-bond donors (Lipinski definition) is 1. The maximum absolute atomic E-state index is 14.4. The highest BCUT2D eigenvalue weighted by molar-refractivity contribution is 5.90. The lowest BCUT2D eigenvalue weighted by atomic mass is 9.89. The van der Waals surface area contributed by atoms with Gasteiger partial charge in [-0.15, -0.1) is 0 Å². The van der Waals surface area contributed by atoms with E-state index in [0.717, 1.165) is 5.56 Å². The van der Waals surface area contributed by atoms with Crippen molar-refractivity contribution in [1.82, 2.24) is 5.32 Å². The number of nitrogens with one attached hydrogen (secondary N) is 1. The molecule has 0 fully saturated rings. The highest BCUT2D eigenvalue weighted by Crippen LogP contribution is 2.22. The lowest BCUT2D eigenvalue weighted by Crippen LogP contribution is -2.22. The van der Waals surface area contributed by atoms with Crippen molar-refractivity contribution in [3.8, 4) is 0 Å². The van der Waals surface area contributed by atoms with Gasteiger partial charge in [0.25, 0.3) is 0 Å². The third-order valence-electron chi connectivity index (χ3n) is 4.45. The first-order valence-electron chi connectivity index (χ1n) is 9.54. The molecule has 0 amide bonds. The fraction of sp³-hybridized carbons (Fsp3) is 0.375. The molecule has 0 aliphatic carbocycles. The zero-order valence-corrected chi connectivity index (χ0v) is 17.3. The molecule has 0 aromatic heterocycles. The molecule has 0 radical (unpaired) electrons. The molecule has 0 aliphatic heterocycles. The third kappa shape index (κ3) is 6.59. The van der Waals surface area contributed by atoms with Crippen LogP contribution in [0.4, 0.5) is 8.78 Å². The molecule has 150 valence electrons. The number of halogens is 2. The second-order valence-electron chi connectivity index (χ2n) is 8.52. The topological polar surface area (TPSA) is 29.1 Å². The van der Waals surface area contributed by atoms with Gasteiger partial charge in [0, 0.05) is 30.7 Å². The molecule has 2 nitrogen and oxygen atoms in total. The van der Waals surface area contributed by atoms with Gasteiger partial charge in [-0.05, 0) is 48.1 Å². The van der Waals surface area contributed by atoms with Crippen LogP contribution in [-0.4, -0.2) is 5.78 Å². The summed E-state index contributed by atoms with van der Waals surface area (Å²) in [5, 5.41) is 3.31. The zero-order valence-electron chi connectivity index (χ0n) is 17.3. The van der Waals surface area contributed by atoms with Gasteiger partial charge < -0.3 is 5.32 Å². The van der Waals surface area contributed by atoms with E-state index >= 15 is 0 Å². The summed E-state index contributed by atoms with van der Waals surface area (Å²) >= 11 is 0. The minimum absolute atomic E-state index is 0.0387. The van der Waals surface area contributed by atoms with E-state index in [4.69, 9.17) is 0 Å². The van der Waals surface area contributed by atoms with E-state index in [0.29, 0.717) is 12.1 Å². The quantitative estimate of drug-likeness (QED) is 0.587. The normalized spacial score (nSPS) is 13.3. The molecule has 0 aliphatic rings. The number of rotatable bonds is 7. The predicted octanol–water partition coefficient (Wildman–Crippen LogP) is 6.06. The maximum Gasteiger partial charge on any atom is 0.157 e. The fourth-order valence-corrected chi connectivity index (χ4v) is 3.04. The Morgan fingerprint density at radius 3 is 2.36 bits per heavy atom. The van der Waals surface area contributed by atoms with E-state index in [-0.39, 0.29) is 34.8 Å². The number of aryl methyl sites for hydroxylation is 1. The maximum atomic E-state index is 14.4. The monoisotopic (exact) mass is 385 g/mol. The van der Waals surface area contributed by atoms with E-state index in [2.05, 4.69) is 5.32 Å². The van der Waals surface area contributed by atoms with E-state index in [9.17, 15) is 13.6 Å². The van der Waals surface area contributed by atoms with Gasteiger partial charge in [-0.3, -0.25) is 4.79 Å². The van der Waals surface area contributed by atoms with Gasteiger partial charge in [-0.1, -0.05) is 51.1 Å². The largest absolute Gasteiger partial charge is 0.381 e. The Labute approximate surface area is 166 Å². The van der Waals surface area contributed by atoms with Crippen LogP contribution in [0, 0.1) is 24.0 Å². The first-order valence-corrected chi connectivity index (χ1v) is 9.54.